The maximum atomic E-state index is 13.8. The number of benzene rings is 1. The van der Waals surface area contributed by atoms with Crippen molar-refractivity contribution in [3.05, 3.63) is 35.1 Å². The average Bonchev–Trinajstić information content (AvgIpc) is 2.29. The Morgan fingerprint density at radius 1 is 1.27 bits per heavy atom. The third-order valence-corrected chi connectivity index (χ3v) is 3.82. The van der Waals surface area contributed by atoms with Crippen molar-refractivity contribution in [1.82, 2.24) is 5.32 Å². The fraction of sp³-hybridized carbons (Fsp3) is 0.538. The molecule has 1 aliphatic heterocycles. The first kappa shape index (κ1) is 9.34. The van der Waals surface area contributed by atoms with Crippen LogP contribution in [0.2, 0.25) is 0 Å². The van der Waals surface area contributed by atoms with Crippen LogP contribution in [0.5, 0.6) is 0 Å². The van der Waals surface area contributed by atoms with Gasteiger partial charge in [0.2, 0.25) is 0 Å². The highest BCUT2D eigenvalue weighted by Gasteiger charge is 2.32. The second-order valence-corrected chi connectivity index (χ2v) is 4.66. The SMILES string of the molecule is Fc1cccc2c1C1CCCN[C@@H]1CC2. The van der Waals surface area contributed by atoms with Gasteiger partial charge in [-0.25, -0.2) is 4.39 Å². The molecule has 1 saturated heterocycles. The lowest BCUT2D eigenvalue weighted by molar-refractivity contribution is 0.312. The van der Waals surface area contributed by atoms with E-state index in [4.69, 9.17) is 0 Å². The molecule has 2 aliphatic rings. The van der Waals surface area contributed by atoms with Gasteiger partial charge >= 0.3 is 0 Å². The highest BCUT2D eigenvalue weighted by Crippen LogP contribution is 2.38. The van der Waals surface area contributed by atoms with Crippen LogP contribution < -0.4 is 5.32 Å². The molecule has 1 aromatic carbocycles. The van der Waals surface area contributed by atoms with Crippen molar-refractivity contribution >= 4 is 0 Å². The van der Waals surface area contributed by atoms with Gasteiger partial charge in [0.25, 0.3) is 0 Å². The Balaban J connectivity index is 2.05. The fourth-order valence-electron chi connectivity index (χ4n) is 3.13. The van der Waals surface area contributed by atoms with Crippen LogP contribution >= 0.6 is 0 Å². The van der Waals surface area contributed by atoms with Crippen molar-refractivity contribution in [3.8, 4) is 0 Å². The Hall–Kier alpha value is -0.890. The van der Waals surface area contributed by atoms with E-state index in [0.29, 0.717) is 12.0 Å². The van der Waals surface area contributed by atoms with Crippen molar-refractivity contribution < 1.29 is 4.39 Å². The third-order valence-electron chi connectivity index (χ3n) is 3.82. The summed E-state index contributed by atoms with van der Waals surface area (Å²) in [7, 11) is 0. The molecule has 1 aromatic rings. The summed E-state index contributed by atoms with van der Waals surface area (Å²) in [6.07, 6.45) is 4.52. The molecule has 0 saturated carbocycles. The zero-order valence-electron chi connectivity index (χ0n) is 8.80. The van der Waals surface area contributed by atoms with Gasteiger partial charge in [-0.3, -0.25) is 0 Å². The summed E-state index contributed by atoms with van der Waals surface area (Å²) in [4.78, 5) is 0. The van der Waals surface area contributed by atoms with Crippen LogP contribution in [0.25, 0.3) is 0 Å². The molecule has 2 atom stereocenters. The maximum Gasteiger partial charge on any atom is 0.127 e. The Labute approximate surface area is 89.7 Å². The van der Waals surface area contributed by atoms with Gasteiger partial charge in [0, 0.05) is 12.0 Å². The smallest absolute Gasteiger partial charge is 0.127 e. The number of nitrogens with one attached hydrogen (secondary N) is 1. The first-order chi connectivity index (χ1) is 7.36. The van der Waals surface area contributed by atoms with Gasteiger partial charge in [-0.05, 0) is 49.4 Å². The van der Waals surface area contributed by atoms with E-state index in [2.05, 4.69) is 11.4 Å². The molecule has 0 radical (unpaired) electrons. The van der Waals surface area contributed by atoms with Gasteiger partial charge in [-0.2, -0.15) is 0 Å². The number of halogens is 1. The molecule has 2 heteroatoms. The van der Waals surface area contributed by atoms with E-state index < -0.39 is 0 Å². The van der Waals surface area contributed by atoms with Crippen molar-refractivity contribution in [3.63, 3.8) is 0 Å². The molecular weight excluding hydrogens is 189 g/mol. The van der Waals surface area contributed by atoms with Gasteiger partial charge in [0.1, 0.15) is 5.82 Å². The summed E-state index contributed by atoms with van der Waals surface area (Å²) in [5, 5.41) is 3.52. The minimum absolute atomic E-state index is 0.00546. The number of rotatable bonds is 0. The predicted molar refractivity (Wildman–Crippen MR) is 58.5 cm³/mol. The molecule has 0 spiro atoms. The lowest BCUT2D eigenvalue weighted by Crippen LogP contribution is -2.43. The molecule has 3 rings (SSSR count). The van der Waals surface area contributed by atoms with Gasteiger partial charge in [0.15, 0.2) is 0 Å². The Bertz CT molecular complexity index is 375. The fourth-order valence-corrected chi connectivity index (χ4v) is 3.13. The molecule has 1 unspecified atom stereocenters. The topological polar surface area (TPSA) is 12.0 Å². The van der Waals surface area contributed by atoms with Gasteiger partial charge < -0.3 is 5.32 Å². The van der Waals surface area contributed by atoms with Gasteiger partial charge in [-0.15, -0.1) is 0 Å². The Morgan fingerprint density at radius 2 is 2.20 bits per heavy atom. The molecule has 1 heterocycles. The van der Waals surface area contributed by atoms with E-state index >= 15 is 0 Å². The minimum Gasteiger partial charge on any atom is -0.313 e. The molecule has 1 fully saturated rings. The lowest BCUT2D eigenvalue weighted by atomic mass is 9.75. The monoisotopic (exact) mass is 205 g/mol. The summed E-state index contributed by atoms with van der Waals surface area (Å²) >= 11 is 0. The largest absolute Gasteiger partial charge is 0.313 e. The van der Waals surface area contributed by atoms with Crippen molar-refractivity contribution in [2.45, 2.75) is 37.6 Å². The molecule has 15 heavy (non-hydrogen) atoms. The summed E-state index contributed by atoms with van der Waals surface area (Å²) in [6.45, 7) is 1.10. The summed E-state index contributed by atoms with van der Waals surface area (Å²) in [5.74, 6) is 0.426. The molecular formula is C13H16FN. The van der Waals surface area contributed by atoms with Gasteiger partial charge in [0.05, 0.1) is 0 Å². The third kappa shape index (κ3) is 1.48. The van der Waals surface area contributed by atoms with Crippen LogP contribution in [-0.2, 0) is 6.42 Å². The standard InChI is InChI=1S/C13H16FN/c14-11-5-1-3-9-6-7-12-10(13(9)11)4-2-8-15-12/h1,3,5,10,12,15H,2,4,6-8H2/t10?,12-/m1/s1. The minimum atomic E-state index is 0.00546. The van der Waals surface area contributed by atoms with Crippen LogP contribution in [0.1, 0.15) is 36.3 Å². The predicted octanol–water partition coefficient (Wildman–Crippen LogP) is 2.61. The van der Waals surface area contributed by atoms with Crippen molar-refractivity contribution in [1.29, 1.82) is 0 Å². The van der Waals surface area contributed by atoms with Crippen LogP contribution in [0, 0.1) is 5.82 Å². The molecule has 1 nitrogen and oxygen atoms in total. The molecule has 80 valence electrons. The molecule has 1 aliphatic carbocycles. The number of piperidine rings is 1. The summed E-state index contributed by atoms with van der Waals surface area (Å²) < 4.78 is 13.8. The van der Waals surface area contributed by atoms with Crippen LogP contribution in [0.3, 0.4) is 0 Å². The molecule has 0 bridgehead atoms. The van der Waals surface area contributed by atoms with E-state index in [-0.39, 0.29) is 5.82 Å². The number of fused-ring (bicyclic) bond motifs is 3. The van der Waals surface area contributed by atoms with E-state index in [0.717, 1.165) is 24.9 Å². The zero-order chi connectivity index (χ0) is 10.3. The zero-order valence-corrected chi connectivity index (χ0v) is 8.80. The van der Waals surface area contributed by atoms with E-state index in [1.165, 1.54) is 18.4 Å². The average molecular weight is 205 g/mol. The quantitative estimate of drug-likeness (QED) is 0.686. The first-order valence-corrected chi connectivity index (χ1v) is 5.87. The second-order valence-electron chi connectivity index (χ2n) is 4.66. The van der Waals surface area contributed by atoms with Crippen LogP contribution in [0.4, 0.5) is 4.39 Å². The molecule has 0 aromatic heterocycles. The number of hydrogen-bond donors (Lipinski definition) is 1. The summed E-state index contributed by atoms with van der Waals surface area (Å²) in [5.41, 5.74) is 2.24. The highest BCUT2D eigenvalue weighted by molar-refractivity contribution is 5.36. The highest BCUT2D eigenvalue weighted by atomic mass is 19.1. The van der Waals surface area contributed by atoms with Crippen molar-refractivity contribution in [2.75, 3.05) is 6.54 Å². The Kier molecular flexibility index (Phi) is 2.24. The normalized spacial score (nSPS) is 29.4. The van der Waals surface area contributed by atoms with Crippen molar-refractivity contribution in [2.24, 2.45) is 0 Å². The molecule has 0 amide bonds. The maximum absolute atomic E-state index is 13.8. The van der Waals surface area contributed by atoms with Gasteiger partial charge in [-0.1, -0.05) is 12.1 Å². The Morgan fingerprint density at radius 3 is 3.13 bits per heavy atom. The number of aryl methyl sites for hydroxylation is 1. The van der Waals surface area contributed by atoms with E-state index in [1.54, 1.807) is 6.07 Å². The van der Waals surface area contributed by atoms with Crippen LogP contribution in [-0.4, -0.2) is 12.6 Å². The van der Waals surface area contributed by atoms with Crippen LogP contribution in [0.15, 0.2) is 18.2 Å². The van der Waals surface area contributed by atoms with E-state index in [9.17, 15) is 4.39 Å². The lowest BCUT2D eigenvalue weighted by Gasteiger charge is -2.38. The van der Waals surface area contributed by atoms with E-state index in [1.807, 2.05) is 6.07 Å². The second kappa shape index (κ2) is 3.60. The first-order valence-electron chi connectivity index (χ1n) is 5.87. The number of hydrogen-bond acceptors (Lipinski definition) is 1. The molecule has 1 N–H and O–H groups in total. The summed E-state index contributed by atoms with van der Waals surface area (Å²) in [6, 6.07) is 6.05.